The van der Waals surface area contributed by atoms with Crippen molar-refractivity contribution in [2.45, 2.75) is 16.2 Å². The van der Waals surface area contributed by atoms with Crippen LogP contribution in [0, 0.1) is 0 Å². The Morgan fingerprint density at radius 1 is 0.640 bits per heavy atom. The third-order valence-corrected chi connectivity index (χ3v) is 6.29. The number of hydrogen-bond donors (Lipinski definition) is 0. The molecule has 120 valence electrons. The minimum atomic E-state index is 0.284. The van der Waals surface area contributed by atoms with Crippen molar-refractivity contribution in [3.05, 3.63) is 108 Å². The summed E-state index contributed by atoms with van der Waals surface area (Å²) in [5.74, 6) is 0. The van der Waals surface area contributed by atoms with E-state index in [4.69, 9.17) is 0 Å². The highest BCUT2D eigenvalue weighted by atomic mass is 32.2. The molecule has 3 aromatic carbocycles. The van der Waals surface area contributed by atoms with E-state index < -0.39 is 0 Å². The Balaban J connectivity index is 1.79. The van der Waals surface area contributed by atoms with Crippen molar-refractivity contribution in [1.82, 2.24) is 0 Å². The van der Waals surface area contributed by atoms with Gasteiger partial charge in [0.15, 0.2) is 12.2 Å². The van der Waals surface area contributed by atoms with Crippen LogP contribution in [0.1, 0.15) is 22.4 Å². The molecule has 5 rings (SSSR count). The van der Waals surface area contributed by atoms with Gasteiger partial charge in [-0.15, -0.1) is 11.8 Å². The van der Waals surface area contributed by atoms with E-state index in [1.54, 1.807) is 0 Å². The maximum absolute atomic E-state index is 2.47. The number of hydrogen-bond acceptors (Lipinski definition) is 1. The molecule has 0 bridgehead atoms. The van der Waals surface area contributed by atoms with Crippen LogP contribution >= 0.6 is 11.8 Å². The van der Waals surface area contributed by atoms with Crippen LogP contribution in [-0.4, -0.2) is 0 Å². The average molecular weight is 340 g/mol. The quantitative estimate of drug-likeness (QED) is 0.432. The number of aromatic nitrogens is 1. The monoisotopic (exact) mass is 340 g/mol. The highest BCUT2D eigenvalue weighted by molar-refractivity contribution is 7.99. The summed E-state index contributed by atoms with van der Waals surface area (Å²) in [5, 5.41) is 1.66. The summed E-state index contributed by atoms with van der Waals surface area (Å²) in [6.07, 6.45) is 2.24. The van der Waals surface area contributed by atoms with Gasteiger partial charge in [0.05, 0.1) is 4.90 Å². The number of thioether (sulfide) groups is 1. The van der Waals surface area contributed by atoms with E-state index in [2.05, 4.69) is 102 Å². The van der Waals surface area contributed by atoms with Crippen LogP contribution in [0.5, 0.6) is 0 Å². The fourth-order valence-corrected chi connectivity index (χ4v) is 5.29. The molecular weight excluding hydrogens is 322 g/mol. The van der Waals surface area contributed by atoms with Crippen molar-refractivity contribution in [2.75, 3.05) is 0 Å². The lowest BCUT2D eigenvalue weighted by atomic mass is 9.96. The summed E-state index contributed by atoms with van der Waals surface area (Å²) in [6.45, 7) is 0. The van der Waals surface area contributed by atoms with E-state index in [1.165, 1.54) is 26.9 Å². The zero-order valence-electron chi connectivity index (χ0n) is 13.7. The standard InChI is InChI=1S/C23H18NS/c1-3-9-18(10-4-1)22-23(19-11-5-2-6-12-19)25-20-15-7-13-17-14-8-16-24(22)21(17)20/h1-16,22-23H/q+1/t22-,23-/m0/s1. The second kappa shape index (κ2) is 6.05. The molecule has 0 N–H and O–H groups in total. The summed E-state index contributed by atoms with van der Waals surface area (Å²) in [6, 6.07) is 33.0. The molecule has 0 fully saturated rings. The summed E-state index contributed by atoms with van der Waals surface area (Å²) in [5.41, 5.74) is 4.08. The molecule has 0 saturated carbocycles. The van der Waals surface area contributed by atoms with Crippen molar-refractivity contribution in [3.8, 4) is 0 Å². The Morgan fingerprint density at radius 2 is 1.32 bits per heavy atom. The molecule has 4 aromatic rings. The summed E-state index contributed by atoms with van der Waals surface area (Å²) in [4.78, 5) is 1.36. The van der Waals surface area contributed by atoms with Gasteiger partial charge in [0.2, 0.25) is 5.52 Å². The summed E-state index contributed by atoms with van der Waals surface area (Å²) in [7, 11) is 0. The van der Waals surface area contributed by atoms with Gasteiger partial charge in [-0.3, -0.25) is 0 Å². The number of benzene rings is 3. The number of rotatable bonds is 2. The van der Waals surface area contributed by atoms with Crippen LogP contribution in [0.15, 0.2) is 102 Å². The van der Waals surface area contributed by atoms with Gasteiger partial charge < -0.3 is 0 Å². The molecule has 1 nitrogen and oxygen atoms in total. The molecule has 1 aromatic heterocycles. The Hall–Kier alpha value is -2.58. The van der Waals surface area contributed by atoms with Gasteiger partial charge in [0.25, 0.3) is 0 Å². The number of pyridine rings is 1. The topological polar surface area (TPSA) is 3.88 Å². The minimum Gasteiger partial charge on any atom is -0.189 e. The van der Waals surface area contributed by atoms with E-state index in [-0.39, 0.29) is 6.04 Å². The van der Waals surface area contributed by atoms with E-state index in [0.29, 0.717) is 5.25 Å². The van der Waals surface area contributed by atoms with Crippen molar-refractivity contribution >= 4 is 22.7 Å². The average Bonchev–Trinajstić information content (AvgIpc) is 2.69. The minimum absolute atomic E-state index is 0.284. The molecule has 0 spiro atoms. The predicted octanol–water partition coefficient (Wildman–Crippen LogP) is 5.56. The molecular formula is C23H18NS+. The Labute approximate surface area is 152 Å². The Bertz CT molecular complexity index is 1020. The highest BCUT2D eigenvalue weighted by Gasteiger charge is 2.39. The molecule has 1 aliphatic heterocycles. The lowest BCUT2D eigenvalue weighted by Gasteiger charge is -2.28. The molecule has 25 heavy (non-hydrogen) atoms. The van der Waals surface area contributed by atoms with Crippen LogP contribution in [0.4, 0.5) is 0 Å². The third kappa shape index (κ3) is 2.45. The fourth-order valence-electron chi connectivity index (χ4n) is 3.82. The molecule has 2 atom stereocenters. The van der Waals surface area contributed by atoms with E-state index in [1.807, 2.05) is 11.8 Å². The first-order valence-electron chi connectivity index (χ1n) is 8.61. The van der Waals surface area contributed by atoms with Gasteiger partial charge in [-0.1, -0.05) is 66.7 Å². The van der Waals surface area contributed by atoms with Gasteiger partial charge in [-0.2, -0.15) is 4.57 Å². The van der Waals surface area contributed by atoms with Gasteiger partial charge in [-0.25, -0.2) is 0 Å². The maximum Gasteiger partial charge on any atom is 0.226 e. The summed E-state index contributed by atoms with van der Waals surface area (Å²) >= 11 is 1.98. The van der Waals surface area contributed by atoms with Crippen molar-refractivity contribution < 1.29 is 4.57 Å². The highest BCUT2D eigenvalue weighted by Crippen LogP contribution is 2.48. The fraction of sp³-hybridized carbons (Fsp3) is 0.0870. The first-order valence-corrected chi connectivity index (χ1v) is 9.49. The molecule has 2 heterocycles. The molecule has 0 aliphatic carbocycles. The van der Waals surface area contributed by atoms with Gasteiger partial charge >= 0.3 is 0 Å². The SMILES string of the molecule is c1ccc([C@@H]2Sc3cccc4ccc[n+](c34)[C@H]2c2ccccc2)cc1. The zero-order chi connectivity index (χ0) is 16.6. The largest absolute Gasteiger partial charge is 0.226 e. The maximum atomic E-state index is 2.47. The molecule has 0 saturated heterocycles. The lowest BCUT2D eigenvalue weighted by molar-refractivity contribution is -0.691. The van der Waals surface area contributed by atoms with Crippen LogP contribution in [0.2, 0.25) is 0 Å². The van der Waals surface area contributed by atoms with Crippen LogP contribution in [-0.2, 0) is 0 Å². The van der Waals surface area contributed by atoms with E-state index in [0.717, 1.165) is 0 Å². The van der Waals surface area contributed by atoms with Crippen molar-refractivity contribution in [3.63, 3.8) is 0 Å². The lowest BCUT2D eigenvalue weighted by Crippen LogP contribution is -2.45. The van der Waals surface area contributed by atoms with Crippen LogP contribution in [0.3, 0.4) is 0 Å². The first kappa shape index (κ1) is 14.7. The number of nitrogens with zero attached hydrogens (tertiary/aromatic N) is 1. The van der Waals surface area contributed by atoms with Crippen LogP contribution < -0.4 is 4.57 Å². The molecule has 0 amide bonds. The van der Waals surface area contributed by atoms with Crippen LogP contribution in [0.25, 0.3) is 10.9 Å². The van der Waals surface area contributed by atoms with E-state index in [9.17, 15) is 0 Å². The third-order valence-electron chi connectivity index (χ3n) is 4.92. The molecule has 0 radical (unpaired) electrons. The molecule has 1 aliphatic rings. The summed E-state index contributed by atoms with van der Waals surface area (Å²) < 4.78 is 2.47. The number of para-hydroxylation sites is 1. The predicted molar refractivity (Wildman–Crippen MR) is 104 cm³/mol. The van der Waals surface area contributed by atoms with Gasteiger partial charge in [-0.05, 0) is 23.8 Å². The van der Waals surface area contributed by atoms with Gasteiger partial charge in [0.1, 0.15) is 5.25 Å². The first-order chi connectivity index (χ1) is 12.4. The Morgan fingerprint density at radius 3 is 2.08 bits per heavy atom. The smallest absolute Gasteiger partial charge is 0.189 e. The van der Waals surface area contributed by atoms with Gasteiger partial charge in [0, 0.05) is 17.0 Å². The second-order valence-electron chi connectivity index (χ2n) is 6.41. The Kier molecular flexibility index (Phi) is 3.57. The van der Waals surface area contributed by atoms with E-state index >= 15 is 0 Å². The van der Waals surface area contributed by atoms with Crippen molar-refractivity contribution in [1.29, 1.82) is 0 Å². The zero-order valence-corrected chi connectivity index (χ0v) is 14.6. The normalized spacial score (nSPS) is 19.0. The molecule has 0 unspecified atom stereocenters. The van der Waals surface area contributed by atoms with Crippen molar-refractivity contribution in [2.24, 2.45) is 0 Å². The molecule has 2 heteroatoms. The second-order valence-corrected chi connectivity index (χ2v) is 7.60.